The van der Waals surface area contributed by atoms with Gasteiger partial charge in [0.05, 0.1) is 26.4 Å². The molecule has 0 bridgehead atoms. The van der Waals surface area contributed by atoms with Crippen LogP contribution >= 0.6 is 0 Å². The van der Waals surface area contributed by atoms with Gasteiger partial charge in [-0.15, -0.1) is 0 Å². The average molecular weight is 550 g/mol. The van der Waals surface area contributed by atoms with Gasteiger partial charge in [-0.1, -0.05) is 36.4 Å². The van der Waals surface area contributed by atoms with E-state index in [0.717, 1.165) is 26.2 Å². The monoisotopic (exact) mass is 549 g/mol. The van der Waals surface area contributed by atoms with E-state index in [-0.39, 0.29) is 5.92 Å². The Morgan fingerprint density at radius 2 is 0.725 bits per heavy atom. The Labute approximate surface area is 241 Å². The number of benzene rings is 3. The summed E-state index contributed by atoms with van der Waals surface area (Å²) in [6.07, 6.45) is 0. The molecular formula is C33H47N3O4. The molecule has 218 valence electrons. The summed E-state index contributed by atoms with van der Waals surface area (Å²) in [5.74, 6) is 0.108. The van der Waals surface area contributed by atoms with Crippen molar-refractivity contribution < 1.29 is 18.9 Å². The fourth-order valence-electron chi connectivity index (χ4n) is 4.84. The lowest BCUT2D eigenvalue weighted by molar-refractivity contribution is 0.190. The van der Waals surface area contributed by atoms with Crippen LogP contribution in [0.1, 0.15) is 22.6 Å². The maximum Gasteiger partial charge on any atom is 0.0637 e. The lowest BCUT2D eigenvalue weighted by atomic mass is 9.85. The van der Waals surface area contributed by atoms with Crippen LogP contribution in [-0.4, -0.2) is 95.1 Å². The second-order valence-corrected chi connectivity index (χ2v) is 10.0. The Bertz CT molecular complexity index is 1010. The zero-order valence-corrected chi connectivity index (χ0v) is 25.1. The van der Waals surface area contributed by atoms with Crippen LogP contribution < -0.4 is 14.7 Å². The van der Waals surface area contributed by atoms with E-state index in [2.05, 4.69) is 102 Å². The molecule has 0 N–H and O–H groups in total. The number of rotatable bonds is 18. The van der Waals surface area contributed by atoms with E-state index in [0.29, 0.717) is 26.4 Å². The van der Waals surface area contributed by atoms with Gasteiger partial charge in [0, 0.05) is 91.7 Å². The highest BCUT2D eigenvalue weighted by molar-refractivity contribution is 5.56. The highest BCUT2D eigenvalue weighted by Gasteiger charge is 2.19. The van der Waals surface area contributed by atoms with Gasteiger partial charge in [0.2, 0.25) is 0 Å². The van der Waals surface area contributed by atoms with Gasteiger partial charge in [0.1, 0.15) is 0 Å². The molecule has 7 nitrogen and oxygen atoms in total. The van der Waals surface area contributed by atoms with Crippen molar-refractivity contribution in [1.82, 2.24) is 0 Å². The van der Waals surface area contributed by atoms with Crippen molar-refractivity contribution in [1.29, 1.82) is 0 Å². The molecule has 0 aliphatic heterocycles. The Morgan fingerprint density at radius 1 is 0.450 bits per heavy atom. The Kier molecular flexibility index (Phi) is 13.3. The fraction of sp³-hybridized carbons (Fsp3) is 0.455. The number of nitrogens with zero attached hydrogens (tertiary/aromatic N) is 3. The van der Waals surface area contributed by atoms with Crippen LogP contribution in [0.5, 0.6) is 0 Å². The van der Waals surface area contributed by atoms with Crippen LogP contribution in [0.15, 0.2) is 72.8 Å². The average Bonchev–Trinajstić information content (AvgIpc) is 2.99. The molecule has 0 saturated carbocycles. The van der Waals surface area contributed by atoms with E-state index in [9.17, 15) is 0 Å². The van der Waals surface area contributed by atoms with Gasteiger partial charge in [0.25, 0.3) is 0 Å². The maximum absolute atomic E-state index is 5.34. The number of methoxy groups -OCH3 is 4. The fourth-order valence-corrected chi connectivity index (χ4v) is 4.84. The zero-order valence-electron chi connectivity index (χ0n) is 25.1. The highest BCUT2D eigenvalue weighted by Crippen LogP contribution is 2.35. The van der Waals surface area contributed by atoms with Crippen LogP contribution in [0.25, 0.3) is 0 Å². The molecule has 7 heteroatoms. The number of hydrogen-bond donors (Lipinski definition) is 0. The Morgan fingerprint density at radius 3 is 0.975 bits per heavy atom. The SMILES string of the molecule is COCCN(CCOC)c1ccc(C(c2ccc(N(C)C)cc2)c2ccc(N(CCOC)CCOC)cc2)cc1. The van der Waals surface area contributed by atoms with Crippen molar-refractivity contribution >= 4 is 17.1 Å². The van der Waals surface area contributed by atoms with E-state index >= 15 is 0 Å². The molecule has 0 aromatic heterocycles. The van der Waals surface area contributed by atoms with E-state index in [4.69, 9.17) is 18.9 Å². The maximum atomic E-state index is 5.34. The van der Waals surface area contributed by atoms with Gasteiger partial charge >= 0.3 is 0 Å². The molecule has 0 amide bonds. The molecule has 0 saturated heterocycles. The van der Waals surface area contributed by atoms with Crippen LogP contribution in [0.4, 0.5) is 17.1 Å². The quantitative estimate of drug-likeness (QED) is 0.204. The summed E-state index contributed by atoms with van der Waals surface area (Å²) in [6, 6.07) is 26.8. The molecule has 3 aromatic carbocycles. The summed E-state index contributed by atoms with van der Waals surface area (Å²) in [5.41, 5.74) is 7.29. The van der Waals surface area contributed by atoms with E-state index in [1.165, 1.54) is 33.8 Å². The smallest absolute Gasteiger partial charge is 0.0637 e. The lowest BCUT2D eigenvalue weighted by Gasteiger charge is -2.27. The Hall–Kier alpha value is -3.10. The molecule has 0 unspecified atom stereocenters. The first-order valence-electron chi connectivity index (χ1n) is 13.9. The predicted octanol–water partition coefficient (Wildman–Crippen LogP) is 5.13. The molecule has 0 aliphatic rings. The van der Waals surface area contributed by atoms with Crippen molar-refractivity contribution in [2.75, 3.05) is 110 Å². The third-order valence-corrected chi connectivity index (χ3v) is 7.19. The van der Waals surface area contributed by atoms with Gasteiger partial charge in [-0.2, -0.15) is 0 Å². The van der Waals surface area contributed by atoms with E-state index < -0.39 is 0 Å². The molecule has 0 aliphatic carbocycles. The zero-order chi connectivity index (χ0) is 28.7. The molecule has 0 spiro atoms. The van der Waals surface area contributed by atoms with Crippen molar-refractivity contribution in [3.05, 3.63) is 89.5 Å². The molecule has 0 radical (unpaired) electrons. The van der Waals surface area contributed by atoms with Gasteiger partial charge in [-0.3, -0.25) is 0 Å². The summed E-state index contributed by atoms with van der Waals surface area (Å²) < 4.78 is 21.4. The summed E-state index contributed by atoms with van der Waals surface area (Å²) in [5, 5.41) is 0. The second-order valence-electron chi connectivity index (χ2n) is 10.0. The Balaban J connectivity index is 1.95. The van der Waals surface area contributed by atoms with E-state index in [1.54, 1.807) is 28.4 Å². The molecule has 0 atom stereocenters. The first-order chi connectivity index (χ1) is 19.5. The summed E-state index contributed by atoms with van der Waals surface area (Å²) in [6.45, 7) is 5.96. The minimum absolute atomic E-state index is 0.108. The van der Waals surface area contributed by atoms with Gasteiger partial charge in [-0.25, -0.2) is 0 Å². The normalized spacial score (nSPS) is 11.2. The second kappa shape index (κ2) is 16.9. The molecule has 3 rings (SSSR count). The minimum Gasteiger partial charge on any atom is -0.383 e. The van der Waals surface area contributed by atoms with Crippen molar-refractivity contribution in [3.8, 4) is 0 Å². The number of ether oxygens (including phenoxy) is 4. The van der Waals surface area contributed by atoms with Crippen LogP contribution in [-0.2, 0) is 18.9 Å². The first-order valence-corrected chi connectivity index (χ1v) is 13.9. The largest absolute Gasteiger partial charge is 0.383 e. The topological polar surface area (TPSA) is 46.6 Å². The van der Waals surface area contributed by atoms with Crippen molar-refractivity contribution in [3.63, 3.8) is 0 Å². The number of hydrogen-bond acceptors (Lipinski definition) is 7. The molecule has 40 heavy (non-hydrogen) atoms. The first kappa shape index (κ1) is 31.4. The molecule has 0 heterocycles. The summed E-state index contributed by atoms with van der Waals surface area (Å²) >= 11 is 0. The third-order valence-electron chi connectivity index (χ3n) is 7.19. The standard InChI is InChI=1S/C33H47N3O4/c1-34(2)30-13-7-27(8-14-30)33(28-9-15-31(16-10-28)35(19-23-37-3)20-24-38-4)29-11-17-32(18-12-29)36(21-25-39-5)22-26-40-6/h7-18,33H,19-26H2,1-6H3. The van der Waals surface area contributed by atoms with Crippen molar-refractivity contribution in [2.24, 2.45) is 0 Å². The highest BCUT2D eigenvalue weighted by atomic mass is 16.5. The molecular weight excluding hydrogens is 502 g/mol. The van der Waals surface area contributed by atoms with Gasteiger partial charge in [-0.05, 0) is 53.1 Å². The minimum atomic E-state index is 0.108. The van der Waals surface area contributed by atoms with Gasteiger partial charge in [0.15, 0.2) is 0 Å². The predicted molar refractivity (Wildman–Crippen MR) is 167 cm³/mol. The third kappa shape index (κ3) is 8.96. The van der Waals surface area contributed by atoms with Crippen LogP contribution in [0.3, 0.4) is 0 Å². The molecule has 3 aromatic rings. The lowest BCUT2D eigenvalue weighted by Crippen LogP contribution is -2.30. The molecule has 0 fully saturated rings. The number of anilines is 3. The summed E-state index contributed by atoms with van der Waals surface area (Å²) in [7, 11) is 11.1. The summed E-state index contributed by atoms with van der Waals surface area (Å²) in [4.78, 5) is 6.74. The van der Waals surface area contributed by atoms with Crippen LogP contribution in [0, 0.1) is 0 Å². The van der Waals surface area contributed by atoms with Crippen molar-refractivity contribution in [2.45, 2.75) is 5.92 Å². The van der Waals surface area contributed by atoms with Gasteiger partial charge < -0.3 is 33.6 Å². The van der Waals surface area contributed by atoms with Crippen LogP contribution in [0.2, 0.25) is 0 Å². The van der Waals surface area contributed by atoms with E-state index in [1.807, 2.05) is 0 Å².